The molecule has 3 aromatic carbocycles. The first kappa shape index (κ1) is 23.7. The van der Waals surface area contributed by atoms with Crippen LogP contribution in [-0.2, 0) is 20.9 Å². The summed E-state index contributed by atoms with van der Waals surface area (Å²) in [5.41, 5.74) is 2.53. The zero-order valence-corrected chi connectivity index (χ0v) is 21.5. The molecule has 0 unspecified atom stereocenters. The number of furan rings is 1. The van der Waals surface area contributed by atoms with E-state index < -0.39 is 24.7 Å². The molecular formula is C29H24BrNO6. The van der Waals surface area contributed by atoms with Crippen molar-refractivity contribution in [1.29, 1.82) is 0 Å². The molecule has 8 heteroatoms. The van der Waals surface area contributed by atoms with Gasteiger partial charge in [0.25, 0.3) is 0 Å². The first-order valence-electron chi connectivity index (χ1n) is 12.2. The zero-order chi connectivity index (χ0) is 25.6. The van der Waals surface area contributed by atoms with Crippen molar-refractivity contribution in [3.05, 3.63) is 82.3 Å². The Morgan fingerprint density at radius 1 is 0.946 bits per heavy atom. The van der Waals surface area contributed by atoms with Crippen molar-refractivity contribution in [1.82, 2.24) is 4.90 Å². The lowest BCUT2D eigenvalue weighted by atomic mass is 10.0. The minimum absolute atomic E-state index is 0.0409. The van der Waals surface area contributed by atoms with Gasteiger partial charge in [0.05, 0.1) is 0 Å². The van der Waals surface area contributed by atoms with Gasteiger partial charge in [0.1, 0.15) is 23.8 Å². The van der Waals surface area contributed by atoms with Gasteiger partial charge in [-0.25, -0.2) is 9.59 Å². The fraction of sp³-hybridized carbons (Fsp3) is 0.276. The van der Waals surface area contributed by atoms with Crippen molar-refractivity contribution in [3.8, 4) is 0 Å². The molecule has 1 aliphatic heterocycles. The number of hydrogen-bond acceptors (Lipinski definition) is 6. The van der Waals surface area contributed by atoms with Crippen LogP contribution in [0, 0.1) is 5.41 Å². The highest BCUT2D eigenvalue weighted by Gasteiger charge is 2.56. The molecule has 2 aliphatic rings. The van der Waals surface area contributed by atoms with Gasteiger partial charge in [-0.05, 0) is 60.6 Å². The number of hydrogen-bond donors (Lipinski definition) is 0. The lowest BCUT2D eigenvalue weighted by molar-refractivity contribution is -0.147. The second-order valence-corrected chi connectivity index (χ2v) is 10.8. The Kier molecular flexibility index (Phi) is 5.99. The van der Waals surface area contributed by atoms with Crippen LogP contribution in [0.1, 0.15) is 35.2 Å². The van der Waals surface area contributed by atoms with Crippen molar-refractivity contribution < 1.29 is 28.3 Å². The van der Waals surface area contributed by atoms with E-state index in [2.05, 4.69) is 15.9 Å². The smallest absolute Gasteiger partial charge is 0.410 e. The number of Topliss-reactive ketones (excluding diaryl/α,β-unsaturated/α-hetero) is 1. The van der Waals surface area contributed by atoms with Gasteiger partial charge >= 0.3 is 12.1 Å². The summed E-state index contributed by atoms with van der Waals surface area (Å²) in [5, 5.41) is 1.86. The molecule has 6 rings (SSSR count). The molecule has 4 aromatic rings. The van der Waals surface area contributed by atoms with Crippen LogP contribution in [0.3, 0.4) is 0 Å². The van der Waals surface area contributed by atoms with E-state index in [0.29, 0.717) is 24.1 Å². The standard InChI is InChI=1S/C29H24BrNO6/c30-20-7-9-22-21-8-6-19(12-25(21)37-26(22)13-20)24(32)16-35-27(33)23-14-29(10-11-29)17-31(23)28(34)36-15-18-4-2-1-3-5-18/h1-9,12-13,23H,10-11,14-17H2/t23-/m0/s1. The summed E-state index contributed by atoms with van der Waals surface area (Å²) < 4.78 is 17.7. The molecular weight excluding hydrogens is 538 g/mol. The van der Waals surface area contributed by atoms with Crippen molar-refractivity contribution >= 4 is 55.7 Å². The summed E-state index contributed by atoms with van der Waals surface area (Å²) in [6, 6.07) is 19.6. The Hall–Kier alpha value is -3.65. The fourth-order valence-corrected chi connectivity index (χ4v) is 5.38. The first-order chi connectivity index (χ1) is 17.9. The minimum atomic E-state index is -0.755. The van der Waals surface area contributed by atoms with E-state index in [9.17, 15) is 14.4 Å². The topological polar surface area (TPSA) is 86.1 Å². The zero-order valence-electron chi connectivity index (χ0n) is 19.9. The van der Waals surface area contributed by atoms with Gasteiger partial charge in [0, 0.05) is 27.4 Å². The first-order valence-corrected chi connectivity index (χ1v) is 13.0. The second kappa shape index (κ2) is 9.34. The number of rotatable bonds is 6. The van der Waals surface area contributed by atoms with E-state index in [4.69, 9.17) is 13.9 Å². The normalized spacial score (nSPS) is 17.9. The highest BCUT2D eigenvalue weighted by atomic mass is 79.9. The summed E-state index contributed by atoms with van der Waals surface area (Å²) in [6.45, 7) is 0.185. The third-order valence-electron chi connectivity index (χ3n) is 7.28. The molecule has 37 heavy (non-hydrogen) atoms. The quantitative estimate of drug-likeness (QED) is 0.204. The van der Waals surface area contributed by atoms with E-state index in [0.717, 1.165) is 39.2 Å². The maximum atomic E-state index is 13.0. The van der Waals surface area contributed by atoms with E-state index in [-0.39, 0.29) is 17.8 Å². The van der Waals surface area contributed by atoms with Crippen LogP contribution < -0.4 is 0 Å². The number of carbonyl (C=O) groups is 3. The lowest BCUT2D eigenvalue weighted by Crippen LogP contribution is -2.42. The van der Waals surface area contributed by atoms with Gasteiger partial charge in [0.15, 0.2) is 12.4 Å². The summed E-state index contributed by atoms with van der Waals surface area (Å²) in [4.78, 5) is 40.2. The molecule has 1 amide bonds. The van der Waals surface area contributed by atoms with Gasteiger partial charge in [-0.1, -0.05) is 52.3 Å². The van der Waals surface area contributed by atoms with Crippen LogP contribution in [0.2, 0.25) is 0 Å². The predicted octanol–water partition coefficient (Wildman–Crippen LogP) is 6.27. The molecule has 2 heterocycles. The highest BCUT2D eigenvalue weighted by Crippen LogP contribution is 2.55. The molecule has 0 N–H and O–H groups in total. The number of likely N-dealkylation sites (tertiary alicyclic amines) is 1. The molecule has 0 radical (unpaired) electrons. The van der Waals surface area contributed by atoms with Gasteiger partial charge in [-0.2, -0.15) is 0 Å². The van der Waals surface area contributed by atoms with Crippen LogP contribution in [0.15, 0.2) is 75.6 Å². The number of benzene rings is 3. The largest absolute Gasteiger partial charge is 0.456 e. The van der Waals surface area contributed by atoms with E-state index in [1.54, 1.807) is 12.1 Å². The van der Waals surface area contributed by atoms with Crippen molar-refractivity contribution in [2.24, 2.45) is 5.41 Å². The summed E-state index contributed by atoms with van der Waals surface area (Å²) in [7, 11) is 0. The third kappa shape index (κ3) is 4.73. The minimum Gasteiger partial charge on any atom is -0.456 e. The SMILES string of the molecule is O=C(COC(=O)[C@@H]1CC2(CC2)CN1C(=O)OCc1ccccc1)c1ccc2c(c1)oc1cc(Br)ccc12. The molecule has 0 bridgehead atoms. The lowest BCUT2D eigenvalue weighted by Gasteiger charge is -2.22. The number of ketones is 1. The Bertz CT molecular complexity index is 1520. The Labute approximate surface area is 221 Å². The van der Waals surface area contributed by atoms with Gasteiger partial charge in [0.2, 0.25) is 0 Å². The van der Waals surface area contributed by atoms with Gasteiger partial charge in [-0.3, -0.25) is 9.69 Å². The molecule has 1 saturated heterocycles. The molecule has 1 aromatic heterocycles. The second-order valence-electron chi connectivity index (χ2n) is 9.87. The van der Waals surface area contributed by atoms with Crippen molar-refractivity contribution in [3.63, 3.8) is 0 Å². The number of ether oxygens (including phenoxy) is 2. The van der Waals surface area contributed by atoms with Gasteiger partial charge in [-0.15, -0.1) is 0 Å². The highest BCUT2D eigenvalue weighted by molar-refractivity contribution is 9.10. The van der Waals surface area contributed by atoms with E-state index in [1.807, 2.05) is 54.6 Å². The average Bonchev–Trinajstić information content (AvgIpc) is 3.41. The van der Waals surface area contributed by atoms with E-state index >= 15 is 0 Å². The number of amides is 1. The average molecular weight is 562 g/mol. The van der Waals surface area contributed by atoms with Gasteiger partial charge < -0.3 is 13.9 Å². The fourth-order valence-electron chi connectivity index (χ4n) is 5.04. The summed E-state index contributed by atoms with van der Waals surface area (Å²) in [5.74, 6) is -0.919. The molecule has 7 nitrogen and oxygen atoms in total. The number of fused-ring (bicyclic) bond motifs is 3. The Balaban J connectivity index is 1.11. The number of halogens is 1. The maximum absolute atomic E-state index is 13.0. The van der Waals surface area contributed by atoms with Crippen LogP contribution in [0.25, 0.3) is 21.9 Å². The van der Waals surface area contributed by atoms with Crippen molar-refractivity contribution in [2.75, 3.05) is 13.2 Å². The van der Waals surface area contributed by atoms with Crippen molar-refractivity contribution in [2.45, 2.75) is 31.9 Å². The third-order valence-corrected chi connectivity index (χ3v) is 7.77. The van der Waals surface area contributed by atoms with Crippen LogP contribution in [0.5, 0.6) is 0 Å². The molecule has 1 spiro atoms. The van der Waals surface area contributed by atoms with Crippen LogP contribution >= 0.6 is 15.9 Å². The molecule has 1 aliphatic carbocycles. The Morgan fingerprint density at radius 3 is 2.43 bits per heavy atom. The number of carbonyl (C=O) groups excluding carboxylic acids is 3. The molecule has 1 atom stereocenters. The summed E-state index contributed by atoms with van der Waals surface area (Å²) >= 11 is 3.44. The van der Waals surface area contributed by atoms with E-state index in [1.165, 1.54) is 4.90 Å². The summed E-state index contributed by atoms with van der Waals surface area (Å²) in [6.07, 6.45) is 1.92. The van der Waals surface area contributed by atoms with Crippen LogP contribution in [0.4, 0.5) is 4.79 Å². The Morgan fingerprint density at radius 2 is 1.68 bits per heavy atom. The monoisotopic (exact) mass is 561 g/mol. The number of nitrogens with zero attached hydrogens (tertiary/aromatic N) is 1. The molecule has 188 valence electrons. The van der Waals surface area contributed by atoms with Crippen LogP contribution in [-0.4, -0.2) is 41.9 Å². The maximum Gasteiger partial charge on any atom is 0.410 e. The predicted molar refractivity (Wildman–Crippen MR) is 140 cm³/mol. The molecule has 2 fully saturated rings. The number of esters is 1. The molecule has 1 saturated carbocycles.